The molecule has 6 heteroatoms. The minimum atomic E-state index is -0.340. The second kappa shape index (κ2) is 9.22. The topological polar surface area (TPSA) is 41.5 Å². The van der Waals surface area contributed by atoms with Crippen LogP contribution in [0.2, 0.25) is 5.02 Å². The summed E-state index contributed by atoms with van der Waals surface area (Å²) in [4.78, 5) is 19.6. The molecular formula is C27H18ClFN2OS. The highest BCUT2D eigenvalue weighted by Crippen LogP contribution is 2.41. The summed E-state index contributed by atoms with van der Waals surface area (Å²) >= 11 is 7.75. The lowest BCUT2D eigenvalue weighted by molar-refractivity contribution is 0.0951. The van der Waals surface area contributed by atoms with Crippen LogP contribution in [0.5, 0.6) is 0 Å². The van der Waals surface area contributed by atoms with Gasteiger partial charge < -0.3 is 5.32 Å². The normalized spacial score (nSPS) is 12.2. The second-order valence-corrected chi connectivity index (χ2v) is 8.99. The Hall–Kier alpha value is -3.41. The third-order valence-electron chi connectivity index (χ3n) is 5.34. The quantitative estimate of drug-likeness (QED) is 0.304. The molecule has 1 aliphatic heterocycles. The summed E-state index contributed by atoms with van der Waals surface area (Å²) < 4.78 is 14.7. The minimum Gasteiger partial charge on any atom is -0.348 e. The number of hydrogen-bond acceptors (Lipinski definition) is 3. The van der Waals surface area contributed by atoms with Crippen LogP contribution in [-0.4, -0.2) is 11.6 Å². The fraction of sp³-hybridized carbons (Fsp3) is 0.0370. The van der Waals surface area contributed by atoms with Gasteiger partial charge in [-0.15, -0.1) is 0 Å². The number of hydrogen-bond donors (Lipinski definition) is 1. The fourth-order valence-corrected chi connectivity index (χ4v) is 4.87. The van der Waals surface area contributed by atoms with Gasteiger partial charge in [-0.2, -0.15) is 0 Å². The Morgan fingerprint density at radius 2 is 1.61 bits per heavy atom. The molecule has 1 N–H and O–H groups in total. The van der Waals surface area contributed by atoms with Crippen molar-refractivity contribution in [2.24, 2.45) is 4.99 Å². The average Bonchev–Trinajstić information content (AvgIpc) is 3.00. The van der Waals surface area contributed by atoms with Crippen LogP contribution in [-0.2, 0) is 6.54 Å². The first kappa shape index (κ1) is 21.4. The largest absolute Gasteiger partial charge is 0.348 e. The van der Waals surface area contributed by atoms with Crippen LogP contribution < -0.4 is 5.32 Å². The number of nitrogens with one attached hydrogen (secondary N) is 1. The van der Waals surface area contributed by atoms with E-state index < -0.39 is 0 Å². The number of fused-ring (bicyclic) bond motifs is 2. The van der Waals surface area contributed by atoms with Gasteiger partial charge in [0, 0.05) is 38.0 Å². The van der Waals surface area contributed by atoms with Gasteiger partial charge in [0.05, 0.1) is 11.4 Å². The molecule has 0 bridgehead atoms. The maximum Gasteiger partial charge on any atom is 0.251 e. The highest BCUT2D eigenvalue weighted by Gasteiger charge is 2.21. The van der Waals surface area contributed by atoms with Gasteiger partial charge in [0.15, 0.2) is 0 Å². The van der Waals surface area contributed by atoms with Crippen LogP contribution in [0, 0.1) is 5.82 Å². The molecule has 0 saturated heterocycles. The first-order chi connectivity index (χ1) is 16.1. The van der Waals surface area contributed by atoms with Crippen molar-refractivity contribution in [3.05, 3.63) is 124 Å². The van der Waals surface area contributed by atoms with Crippen molar-refractivity contribution in [1.82, 2.24) is 5.32 Å². The number of nitrogens with zero attached hydrogens (tertiary/aromatic N) is 1. The predicted molar refractivity (Wildman–Crippen MR) is 131 cm³/mol. The molecule has 4 aromatic rings. The molecule has 3 nitrogen and oxygen atoms in total. The van der Waals surface area contributed by atoms with E-state index in [0.717, 1.165) is 20.9 Å². The Morgan fingerprint density at radius 3 is 2.42 bits per heavy atom. The molecule has 5 rings (SSSR count). The fourth-order valence-electron chi connectivity index (χ4n) is 3.66. The van der Waals surface area contributed by atoms with Crippen molar-refractivity contribution in [2.45, 2.75) is 16.3 Å². The van der Waals surface area contributed by atoms with Crippen LogP contribution in [0.15, 0.2) is 106 Å². The van der Waals surface area contributed by atoms with Gasteiger partial charge in [-0.1, -0.05) is 71.9 Å². The summed E-state index contributed by atoms with van der Waals surface area (Å²) in [6, 6.07) is 27.2. The van der Waals surface area contributed by atoms with Crippen molar-refractivity contribution in [1.29, 1.82) is 0 Å². The highest BCUT2D eigenvalue weighted by molar-refractivity contribution is 7.99. The number of aliphatic imine (C=N–C) groups is 1. The molecule has 0 unspecified atom stereocenters. The third-order valence-corrected chi connectivity index (χ3v) is 6.85. The van der Waals surface area contributed by atoms with Gasteiger partial charge in [0.25, 0.3) is 5.91 Å². The standard InChI is InChI=1S/C27H18ClFN2OS/c28-21-10-4-1-7-18(21)16-30-27(32)17-13-14-25-23(15-17)31-26(19-8-2-5-11-22(19)29)20-9-3-6-12-24(20)33-25/h1-15H,16H2,(H,30,32). The van der Waals surface area contributed by atoms with Gasteiger partial charge >= 0.3 is 0 Å². The van der Waals surface area contributed by atoms with Gasteiger partial charge in [-0.3, -0.25) is 4.79 Å². The Balaban J connectivity index is 1.52. The van der Waals surface area contributed by atoms with E-state index in [1.807, 2.05) is 48.5 Å². The Morgan fingerprint density at radius 1 is 0.879 bits per heavy atom. The minimum absolute atomic E-state index is 0.230. The number of amides is 1. The summed E-state index contributed by atoms with van der Waals surface area (Å²) in [6.07, 6.45) is 0. The molecule has 0 atom stereocenters. The predicted octanol–water partition coefficient (Wildman–Crippen LogP) is 7.04. The number of halogens is 2. The SMILES string of the molecule is O=C(NCc1ccccc1Cl)c1ccc2c(c1)N=C(c1ccccc1F)c1ccccc1S2. The van der Waals surface area contributed by atoms with Crippen molar-refractivity contribution >= 4 is 40.7 Å². The lowest BCUT2D eigenvalue weighted by Gasteiger charge is -2.09. The molecular weight excluding hydrogens is 455 g/mol. The summed E-state index contributed by atoms with van der Waals surface area (Å²) in [5.41, 5.74) is 3.76. The molecule has 0 aliphatic carbocycles. The molecule has 0 fully saturated rings. The first-order valence-electron chi connectivity index (χ1n) is 10.4. The number of rotatable bonds is 4. The van der Waals surface area contributed by atoms with E-state index >= 15 is 0 Å². The molecule has 1 amide bonds. The van der Waals surface area contributed by atoms with E-state index in [-0.39, 0.29) is 11.7 Å². The number of carbonyl (C=O) groups excluding carboxylic acids is 1. The second-order valence-electron chi connectivity index (χ2n) is 7.50. The smallest absolute Gasteiger partial charge is 0.251 e. The van der Waals surface area contributed by atoms with E-state index in [2.05, 4.69) is 5.32 Å². The molecule has 0 aromatic heterocycles. The van der Waals surface area contributed by atoms with Crippen molar-refractivity contribution in [2.75, 3.05) is 0 Å². The third kappa shape index (κ3) is 4.42. The Labute approximate surface area is 200 Å². The molecule has 0 saturated carbocycles. The van der Waals surface area contributed by atoms with Crippen molar-refractivity contribution < 1.29 is 9.18 Å². The van der Waals surface area contributed by atoms with Gasteiger partial charge in [-0.05, 0) is 48.0 Å². The highest BCUT2D eigenvalue weighted by atomic mass is 35.5. The summed E-state index contributed by atoms with van der Waals surface area (Å²) in [7, 11) is 0. The Bertz CT molecular complexity index is 1400. The zero-order chi connectivity index (χ0) is 22.8. The van der Waals surface area contributed by atoms with Crippen LogP contribution >= 0.6 is 23.4 Å². The zero-order valence-corrected chi connectivity index (χ0v) is 19.0. The van der Waals surface area contributed by atoms with Gasteiger partial charge in [0.1, 0.15) is 5.82 Å². The van der Waals surface area contributed by atoms with E-state index in [4.69, 9.17) is 16.6 Å². The maximum absolute atomic E-state index is 14.7. The molecule has 0 radical (unpaired) electrons. The van der Waals surface area contributed by atoms with E-state index in [1.54, 1.807) is 48.2 Å². The lowest BCUT2D eigenvalue weighted by Crippen LogP contribution is -2.22. The maximum atomic E-state index is 14.7. The van der Waals surface area contributed by atoms with E-state index in [1.165, 1.54) is 6.07 Å². The number of carbonyl (C=O) groups is 1. The van der Waals surface area contributed by atoms with Crippen LogP contribution in [0.25, 0.3) is 0 Å². The number of benzene rings is 4. The summed E-state index contributed by atoms with van der Waals surface area (Å²) in [5.74, 6) is -0.569. The molecule has 162 valence electrons. The summed E-state index contributed by atoms with van der Waals surface area (Å²) in [6.45, 7) is 0.319. The summed E-state index contributed by atoms with van der Waals surface area (Å²) in [5, 5.41) is 3.51. The molecule has 0 spiro atoms. The molecule has 1 heterocycles. The van der Waals surface area contributed by atoms with Crippen molar-refractivity contribution in [3.63, 3.8) is 0 Å². The van der Waals surface area contributed by atoms with Crippen LogP contribution in [0.1, 0.15) is 27.0 Å². The Kier molecular flexibility index (Phi) is 5.99. The zero-order valence-electron chi connectivity index (χ0n) is 17.4. The van der Waals surface area contributed by atoms with E-state index in [9.17, 15) is 9.18 Å². The lowest BCUT2D eigenvalue weighted by atomic mass is 10.0. The molecule has 1 aliphatic rings. The molecule has 4 aromatic carbocycles. The first-order valence-corrected chi connectivity index (χ1v) is 11.6. The van der Waals surface area contributed by atoms with Gasteiger partial charge in [-0.25, -0.2) is 9.38 Å². The average molecular weight is 473 g/mol. The van der Waals surface area contributed by atoms with Crippen LogP contribution in [0.4, 0.5) is 10.1 Å². The van der Waals surface area contributed by atoms with Crippen LogP contribution in [0.3, 0.4) is 0 Å². The van der Waals surface area contributed by atoms with Crippen molar-refractivity contribution in [3.8, 4) is 0 Å². The van der Waals surface area contributed by atoms with Gasteiger partial charge in [0.2, 0.25) is 0 Å². The van der Waals surface area contributed by atoms with E-state index in [0.29, 0.717) is 34.1 Å². The monoisotopic (exact) mass is 472 g/mol. The molecule has 33 heavy (non-hydrogen) atoms.